The molecule has 0 aromatic carbocycles. The van der Waals surface area contributed by atoms with Crippen LogP contribution in [-0.4, -0.2) is 34.0 Å². The Morgan fingerprint density at radius 3 is 2.82 bits per heavy atom. The molecule has 22 heavy (non-hydrogen) atoms. The number of hydrogen-bond acceptors (Lipinski definition) is 7. The molecule has 0 fully saturated rings. The molecule has 0 bridgehead atoms. The number of halogens is 1. The summed E-state index contributed by atoms with van der Waals surface area (Å²) in [4.78, 5) is 29.4. The summed E-state index contributed by atoms with van der Waals surface area (Å²) in [5.74, 6) is -0.0157. The molecule has 9 heteroatoms. The number of rotatable bonds is 6. The fraction of sp³-hybridized carbons (Fsp3) is 0.154. The second-order valence-electron chi connectivity index (χ2n) is 4.11. The van der Waals surface area contributed by atoms with Crippen LogP contribution in [0.3, 0.4) is 0 Å². The lowest BCUT2D eigenvalue weighted by Crippen LogP contribution is -2.14. The molecule has 0 saturated carbocycles. The Bertz CT molecular complexity index is 678. The SMILES string of the molecule is O=C(OCCNc1ccc([N+](=O)[O-])cn1)c1cncc(Br)c1. The first-order chi connectivity index (χ1) is 10.6. The van der Waals surface area contributed by atoms with E-state index in [1.54, 1.807) is 12.3 Å². The van der Waals surface area contributed by atoms with Gasteiger partial charge in [-0.2, -0.15) is 0 Å². The fourth-order valence-corrected chi connectivity index (χ4v) is 1.89. The van der Waals surface area contributed by atoms with Crippen LogP contribution in [0.1, 0.15) is 10.4 Å². The molecule has 0 spiro atoms. The zero-order valence-corrected chi connectivity index (χ0v) is 12.8. The van der Waals surface area contributed by atoms with E-state index >= 15 is 0 Å². The van der Waals surface area contributed by atoms with Crippen molar-refractivity contribution in [2.24, 2.45) is 0 Å². The average molecular weight is 367 g/mol. The number of nitrogens with one attached hydrogen (secondary N) is 1. The van der Waals surface area contributed by atoms with Crippen LogP contribution in [-0.2, 0) is 4.74 Å². The molecule has 0 unspecified atom stereocenters. The Kier molecular flexibility index (Phi) is 5.37. The lowest BCUT2D eigenvalue weighted by atomic mass is 10.3. The molecule has 8 nitrogen and oxygen atoms in total. The number of carbonyl (C=O) groups excluding carboxylic acids is 1. The number of ether oxygens (including phenoxy) is 1. The summed E-state index contributed by atoms with van der Waals surface area (Å²) in [7, 11) is 0. The number of hydrogen-bond donors (Lipinski definition) is 1. The van der Waals surface area contributed by atoms with Gasteiger partial charge in [-0.3, -0.25) is 15.1 Å². The zero-order chi connectivity index (χ0) is 15.9. The molecule has 0 aliphatic carbocycles. The second-order valence-corrected chi connectivity index (χ2v) is 5.03. The van der Waals surface area contributed by atoms with Crippen molar-refractivity contribution in [1.29, 1.82) is 0 Å². The fourth-order valence-electron chi connectivity index (χ4n) is 1.53. The van der Waals surface area contributed by atoms with E-state index in [2.05, 4.69) is 31.2 Å². The van der Waals surface area contributed by atoms with Gasteiger partial charge in [0, 0.05) is 22.9 Å². The third-order valence-electron chi connectivity index (χ3n) is 2.54. The molecular weight excluding hydrogens is 356 g/mol. The molecule has 0 aliphatic heterocycles. The predicted octanol–water partition coefficient (Wildman–Crippen LogP) is 2.42. The van der Waals surface area contributed by atoms with Crippen molar-refractivity contribution in [2.75, 3.05) is 18.5 Å². The summed E-state index contributed by atoms with van der Waals surface area (Å²) < 4.78 is 5.76. The Hall–Kier alpha value is -2.55. The maximum Gasteiger partial charge on any atom is 0.339 e. The first kappa shape index (κ1) is 15.8. The van der Waals surface area contributed by atoms with Gasteiger partial charge in [0.2, 0.25) is 0 Å². The monoisotopic (exact) mass is 366 g/mol. The Morgan fingerprint density at radius 2 is 2.18 bits per heavy atom. The molecule has 114 valence electrons. The van der Waals surface area contributed by atoms with Crippen molar-refractivity contribution in [3.05, 3.63) is 56.9 Å². The van der Waals surface area contributed by atoms with Crippen LogP contribution in [0.5, 0.6) is 0 Å². The maximum absolute atomic E-state index is 11.7. The zero-order valence-electron chi connectivity index (χ0n) is 11.2. The lowest BCUT2D eigenvalue weighted by molar-refractivity contribution is -0.385. The number of aromatic nitrogens is 2. The van der Waals surface area contributed by atoms with Gasteiger partial charge in [0.05, 0.1) is 17.0 Å². The molecule has 2 aromatic heterocycles. The predicted molar refractivity (Wildman–Crippen MR) is 81.6 cm³/mol. The number of nitrogens with zero attached hydrogens (tertiary/aromatic N) is 3. The van der Waals surface area contributed by atoms with Crippen molar-refractivity contribution in [3.63, 3.8) is 0 Å². The van der Waals surface area contributed by atoms with E-state index in [4.69, 9.17) is 4.74 Å². The topological polar surface area (TPSA) is 107 Å². The van der Waals surface area contributed by atoms with Crippen molar-refractivity contribution in [1.82, 2.24) is 9.97 Å². The Balaban J connectivity index is 1.77. The first-order valence-corrected chi connectivity index (χ1v) is 6.97. The minimum absolute atomic E-state index is 0.0841. The second kappa shape index (κ2) is 7.46. The van der Waals surface area contributed by atoms with Crippen molar-refractivity contribution >= 4 is 33.4 Å². The number of carbonyl (C=O) groups is 1. The highest BCUT2D eigenvalue weighted by molar-refractivity contribution is 9.10. The summed E-state index contributed by atoms with van der Waals surface area (Å²) in [6.45, 7) is 0.460. The van der Waals surface area contributed by atoms with Crippen LogP contribution < -0.4 is 5.32 Å². The van der Waals surface area contributed by atoms with Crippen LogP contribution in [0.25, 0.3) is 0 Å². The van der Waals surface area contributed by atoms with Gasteiger partial charge >= 0.3 is 5.97 Å². The maximum atomic E-state index is 11.7. The van der Waals surface area contributed by atoms with Crippen LogP contribution in [0.15, 0.2) is 41.3 Å². The summed E-state index contributed by atoms with van der Waals surface area (Å²) in [6, 6.07) is 4.44. The quantitative estimate of drug-likeness (QED) is 0.362. The number of pyridine rings is 2. The highest BCUT2D eigenvalue weighted by atomic mass is 79.9. The smallest absolute Gasteiger partial charge is 0.339 e. The molecule has 0 saturated heterocycles. The van der Waals surface area contributed by atoms with E-state index in [1.165, 1.54) is 18.3 Å². The Labute approximate surface area is 133 Å². The minimum atomic E-state index is -0.523. The lowest BCUT2D eigenvalue weighted by Gasteiger charge is -2.07. The molecule has 0 radical (unpaired) electrons. The highest BCUT2D eigenvalue weighted by Crippen LogP contribution is 2.12. The van der Waals surface area contributed by atoms with Crippen LogP contribution in [0.2, 0.25) is 0 Å². The molecule has 2 aromatic rings. The molecule has 0 aliphatic rings. The molecule has 1 N–H and O–H groups in total. The van der Waals surface area contributed by atoms with Gasteiger partial charge in [0.25, 0.3) is 5.69 Å². The molecule has 2 rings (SSSR count). The van der Waals surface area contributed by atoms with E-state index in [9.17, 15) is 14.9 Å². The summed E-state index contributed by atoms with van der Waals surface area (Å²) in [5.41, 5.74) is 0.266. The first-order valence-electron chi connectivity index (χ1n) is 6.18. The van der Waals surface area contributed by atoms with Gasteiger partial charge in [-0.05, 0) is 28.1 Å². The van der Waals surface area contributed by atoms with E-state index < -0.39 is 10.9 Å². The van der Waals surface area contributed by atoms with Gasteiger partial charge < -0.3 is 10.1 Å². The number of nitro groups is 1. The third-order valence-corrected chi connectivity index (χ3v) is 2.97. The summed E-state index contributed by atoms with van der Waals surface area (Å²) >= 11 is 3.22. The van der Waals surface area contributed by atoms with E-state index in [-0.39, 0.29) is 12.3 Å². The van der Waals surface area contributed by atoms with E-state index in [0.29, 0.717) is 22.4 Å². The molecule has 0 atom stereocenters. The van der Waals surface area contributed by atoms with Gasteiger partial charge in [-0.25, -0.2) is 9.78 Å². The molecule has 2 heterocycles. The largest absolute Gasteiger partial charge is 0.460 e. The van der Waals surface area contributed by atoms with Crippen LogP contribution in [0.4, 0.5) is 11.5 Å². The van der Waals surface area contributed by atoms with Gasteiger partial charge in [0.15, 0.2) is 0 Å². The van der Waals surface area contributed by atoms with Crippen molar-refractivity contribution in [3.8, 4) is 0 Å². The summed E-state index contributed by atoms with van der Waals surface area (Å²) in [6.07, 6.45) is 4.14. The molecule has 0 amide bonds. The standard InChI is InChI=1S/C13H11BrN4O4/c14-10-5-9(6-15-7-10)13(19)22-4-3-16-12-2-1-11(8-17-12)18(20)21/h1-2,5-8H,3-4H2,(H,16,17). The van der Waals surface area contributed by atoms with E-state index in [1.807, 2.05) is 0 Å². The third kappa shape index (κ3) is 4.48. The van der Waals surface area contributed by atoms with Crippen LogP contribution in [0, 0.1) is 10.1 Å². The minimum Gasteiger partial charge on any atom is -0.460 e. The van der Waals surface area contributed by atoms with Gasteiger partial charge in [0.1, 0.15) is 18.6 Å². The van der Waals surface area contributed by atoms with Crippen molar-refractivity contribution < 1.29 is 14.5 Å². The van der Waals surface area contributed by atoms with Crippen LogP contribution >= 0.6 is 15.9 Å². The van der Waals surface area contributed by atoms with Gasteiger partial charge in [-0.1, -0.05) is 0 Å². The van der Waals surface area contributed by atoms with Crippen molar-refractivity contribution in [2.45, 2.75) is 0 Å². The van der Waals surface area contributed by atoms with E-state index in [0.717, 1.165) is 6.20 Å². The number of esters is 1. The summed E-state index contributed by atoms with van der Waals surface area (Å²) in [5, 5.41) is 13.4. The average Bonchev–Trinajstić information content (AvgIpc) is 2.51. The number of anilines is 1. The Morgan fingerprint density at radius 1 is 1.36 bits per heavy atom. The normalized spacial score (nSPS) is 10.0. The highest BCUT2D eigenvalue weighted by Gasteiger charge is 2.08. The molecular formula is C13H11BrN4O4. The van der Waals surface area contributed by atoms with Gasteiger partial charge in [-0.15, -0.1) is 0 Å².